The zero-order valence-electron chi connectivity index (χ0n) is 21.9. The molecule has 0 radical (unpaired) electrons. The Morgan fingerprint density at radius 2 is 1.55 bits per heavy atom. The standard InChI is InChI=1S/C28H34N4O8/c29-20(15-18-8-10-19(33)11-9-18)27(38)32-14-4-7-23(32)26(37)31-22(16-17-5-2-1-3-6-17)25(36)30-21(28(39)40)12-13-24(34)35/h1-3,5-6,8-11,20-23,33H,4,7,12-16,29H2,(H,30,36)(H,31,37)(H,34,35)(H,39,40). The zero-order valence-corrected chi connectivity index (χ0v) is 21.9. The molecule has 2 aromatic carbocycles. The second-order valence-electron chi connectivity index (χ2n) is 9.75. The molecule has 3 amide bonds. The molecule has 214 valence electrons. The van der Waals surface area contributed by atoms with Crippen molar-refractivity contribution < 1.29 is 39.3 Å². The predicted molar refractivity (Wildman–Crippen MR) is 143 cm³/mol. The van der Waals surface area contributed by atoms with Crippen LogP contribution in [0.4, 0.5) is 0 Å². The van der Waals surface area contributed by atoms with Crippen LogP contribution in [0.3, 0.4) is 0 Å². The molecule has 0 spiro atoms. The summed E-state index contributed by atoms with van der Waals surface area (Å²) < 4.78 is 0. The molecule has 12 nitrogen and oxygen atoms in total. The predicted octanol–water partition coefficient (Wildman–Crippen LogP) is 0.415. The first-order valence-corrected chi connectivity index (χ1v) is 13.0. The lowest BCUT2D eigenvalue weighted by Gasteiger charge is -2.29. The Labute approximate surface area is 231 Å². The topological polar surface area (TPSA) is 199 Å². The Morgan fingerprint density at radius 1 is 0.900 bits per heavy atom. The smallest absolute Gasteiger partial charge is 0.326 e. The summed E-state index contributed by atoms with van der Waals surface area (Å²) >= 11 is 0. The molecule has 2 aromatic rings. The van der Waals surface area contributed by atoms with E-state index in [0.29, 0.717) is 24.9 Å². The fourth-order valence-electron chi connectivity index (χ4n) is 4.61. The molecule has 4 atom stereocenters. The molecular formula is C28H34N4O8. The molecular weight excluding hydrogens is 520 g/mol. The number of likely N-dealkylation sites (tertiary alicyclic amines) is 1. The average molecular weight is 555 g/mol. The molecule has 1 aliphatic rings. The van der Waals surface area contributed by atoms with E-state index in [4.69, 9.17) is 10.8 Å². The van der Waals surface area contributed by atoms with E-state index in [9.17, 15) is 34.2 Å². The van der Waals surface area contributed by atoms with Gasteiger partial charge in [-0.05, 0) is 48.9 Å². The van der Waals surface area contributed by atoms with Crippen LogP contribution in [-0.4, -0.2) is 80.6 Å². The number of nitrogens with two attached hydrogens (primary N) is 1. The van der Waals surface area contributed by atoms with Crippen molar-refractivity contribution in [1.29, 1.82) is 0 Å². The van der Waals surface area contributed by atoms with E-state index in [2.05, 4.69) is 10.6 Å². The number of phenolic OH excluding ortho intramolecular Hbond substituents is 1. The van der Waals surface area contributed by atoms with Gasteiger partial charge in [-0.3, -0.25) is 19.2 Å². The molecule has 1 heterocycles. The van der Waals surface area contributed by atoms with Gasteiger partial charge in [-0.1, -0.05) is 42.5 Å². The van der Waals surface area contributed by atoms with Crippen LogP contribution in [-0.2, 0) is 36.8 Å². The first-order valence-electron chi connectivity index (χ1n) is 13.0. The number of nitrogens with zero attached hydrogens (tertiary/aromatic N) is 1. The Morgan fingerprint density at radius 3 is 2.17 bits per heavy atom. The number of phenols is 1. The van der Waals surface area contributed by atoms with Crippen LogP contribution < -0.4 is 16.4 Å². The molecule has 1 saturated heterocycles. The number of aromatic hydroxyl groups is 1. The normalized spacial score (nSPS) is 16.9. The number of rotatable bonds is 13. The summed E-state index contributed by atoms with van der Waals surface area (Å²) in [6.07, 6.45) is 0.379. The second-order valence-corrected chi connectivity index (χ2v) is 9.75. The molecule has 0 aromatic heterocycles. The van der Waals surface area contributed by atoms with Gasteiger partial charge in [0.25, 0.3) is 0 Å². The number of benzene rings is 2. The molecule has 4 unspecified atom stereocenters. The molecule has 40 heavy (non-hydrogen) atoms. The molecule has 12 heteroatoms. The van der Waals surface area contributed by atoms with E-state index in [0.717, 1.165) is 5.56 Å². The summed E-state index contributed by atoms with van der Waals surface area (Å²) in [6.45, 7) is 0.312. The molecule has 3 rings (SSSR count). The molecule has 7 N–H and O–H groups in total. The summed E-state index contributed by atoms with van der Waals surface area (Å²) in [5, 5.41) is 32.9. The van der Waals surface area contributed by atoms with E-state index in [1.54, 1.807) is 42.5 Å². The Balaban J connectivity index is 1.72. The summed E-state index contributed by atoms with van der Waals surface area (Å²) in [4.78, 5) is 63.6. The van der Waals surface area contributed by atoms with Gasteiger partial charge >= 0.3 is 11.9 Å². The molecule has 1 fully saturated rings. The van der Waals surface area contributed by atoms with Gasteiger partial charge < -0.3 is 36.6 Å². The second kappa shape index (κ2) is 14.1. The van der Waals surface area contributed by atoms with Crippen molar-refractivity contribution in [3.63, 3.8) is 0 Å². The van der Waals surface area contributed by atoms with Gasteiger partial charge in [-0.2, -0.15) is 0 Å². The third-order valence-electron chi connectivity index (χ3n) is 6.72. The Kier molecular flexibility index (Phi) is 10.6. The number of aliphatic carboxylic acids is 2. The highest BCUT2D eigenvalue weighted by atomic mass is 16.4. The molecule has 0 bridgehead atoms. The van der Waals surface area contributed by atoms with Gasteiger partial charge in [0.2, 0.25) is 17.7 Å². The number of nitrogens with one attached hydrogen (secondary N) is 2. The van der Waals surface area contributed by atoms with E-state index in [-0.39, 0.29) is 25.0 Å². The van der Waals surface area contributed by atoms with Crippen LogP contribution in [0, 0.1) is 0 Å². The number of carboxylic acids is 2. The van der Waals surface area contributed by atoms with Crippen molar-refractivity contribution in [2.75, 3.05) is 6.54 Å². The monoisotopic (exact) mass is 554 g/mol. The quantitative estimate of drug-likeness (QED) is 0.203. The lowest BCUT2D eigenvalue weighted by molar-refractivity contribution is -0.144. The average Bonchev–Trinajstić information content (AvgIpc) is 3.42. The van der Waals surface area contributed by atoms with E-state index in [1.807, 2.05) is 0 Å². The molecule has 0 saturated carbocycles. The van der Waals surface area contributed by atoms with Crippen molar-refractivity contribution in [2.45, 2.75) is 62.7 Å². The third-order valence-corrected chi connectivity index (χ3v) is 6.72. The number of carbonyl (C=O) groups excluding carboxylic acids is 3. The van der Waals surface area contributed by atoms with E-state index >= 15 is 0 Å². The van der Waals surface area contributed by atoms with Gasteiger partial charge in [0.1, 0.15) is 23.9 Å². The number of amides is 3. The van der Waals surface area contributed by atoms with Crippen LogP contribution in [0.5, 0.6) is 5.75 Å². The van der Waals surface area contributed by atoms with Crippen molar-refractivity contribution in [3.05, 3.63) is 65.7 Å². The van der Waals surface area contributed by atoms with Crippen molar-refractivity contribution in [1.82, 2.24) is 15.5 Å². The minimum Gasteiger partial charge on any atom is -0.508 e. The Bertz CT molecular complexity index is 1200. The van der Waals surface area contributed by atoms with Gasteiger partial charge in [-0.25, -0.2) is 4.79 Å². The third kappa shape index (κ3) is 8.53. The maximum Gasteiger partial charge on any atom is 0.326 e. The summed E-state index contributed by atoms with van der Waals surface area (Å²) in [7, 11) is 0. The molecule has 0 aliphatic carbocycles. The number of carboxylic acid groups (broad SMARTS) is 2. The van der Waals surface area contributed by atoms with E-state index in [1.165, 1.54) is 17.0 Å². The van der Waals surface area contributed by atoms with Crippen LogP contribution >= 0.6 is 0 Å². The fraction of sp³-hybridized carbons (Fsp3) is 0.393. The highest BCUT2D eigenvalue weighted by molar-refractivity contribution is 5.94. The van der Waals surface area contributed by atoms with Crippen molar-refractivity contribution in [2.24, 2.45) is 5.73 Å². The highest BCUT2D eigenvalue weighted by Crippen LogP contribution is 2.20. The fourth-order valence-corrected chi connectivity index (χ4v) is 4.61. The highest BCUT2D eigenvalue weighted by Gasteiger charge is 2.38. The van der Waals surface area contributed by atoms with Crippen LogP contribution in [0.25, 0.3) is 0 Å². The minimum absolute atomic E-state index is 0.0463. The van der Waals surface area contributed by atoms with Crippen LogP contribution in [0.15, 0.2) is 54.6 Å². The van der Waals surface area contributed by atoms with Gasteiger partial charge in [0.05, 0.1) is 6.04 Å². The first-order chi connectivity index (χ1) is 19.0. The lowest BCUT2D eigenvalue weighted by Crippen LogP contribution is -2.57. The lowest BCUT2D eigenvalue weighted by atomic mass is 10.0. The van der Waals surface area contributed by atoms with Crippen molar-refractivity contribution >= 4 is 29.7 Å². The largest absolute Gasteiger partial charge is 0.508 e. The summed E-state index contributed by atoms with van der Waals surface area (Å²) in [6, 6.07) is 10.7. The van der Waals surface area contributed by atoms with Crippen LogP contribution in [0.2, 0.25) is 0 Å². The summed E-state index contributed by atoms with van der Waals surface area (Å²) in [5.41, 5.74) is 7.62. The van der Waals surface area contributed by atoms with Crippen molar-refractivity contribution in [3.8, 4) is 5.75 Å². The van der Waals surface area contributed by atoms with Crippen LogP contribution in [0.1, 0.15) is 36.8 Å². The summed E-state index contributed by atoms with van der Waals surface area (Å²) in [5.74, 6) is -4.29. The van der Waals surface area contributed by atoms with E-state index < -0.39 is 60.2 Å². The van der Waals surface area contributed by atoms with Gasteiger partial charge in [0.15, 0.2) is 0 Å². The molecule has 1 aliphatic heterocycles. The van der Waals surface area contributed by atoms with Gasteiger partial charge in [0, 0.05) is 19.4 Å². The SMILES string of the molecule is NC(Cc1ccc(O)cc1)C(=O)N1CCCC1C(=O)NC(Cc1ccccc1)C(=O)NC(CCC(=O)O)C(=O)O. The number of hydrogen-bond donors (Lipinski definition) is 6. The number of hydrogen-bond acceptors (Lipinski definition) is 7. The maximum absolute atomic E-state index is 13.4. The van der Waals surface area contributed by atoms with Gasteiger partial charge in [-0.15, -0.1) is 0 Å². The maximum atomic E-state index is 13.4. The first kappa shape index (κ1) is 30.1. The number of carbonyl (C=O) groups is 5. The Hall–Kier alpha value is -4.45. The zero-order chi connectivity index (χ0) is 29.2. The minimum atomic E-state index is -1.46.